The molecule has 0 spiro atoms. The van der Waals surface area contributed by atoms with Crippen LogP contribution in [-0.4, -0.2) is 18.9 Å². The summed E-state index contributed by atoms with van der Waals surface area (Å²) in [6.07, 6.45) is -0.205. The van der Waals surface area contributed by atoms with Gasteiger partial charge in [0.15, 0.2) is 11.5 Å². The summed E-state index contributed by atoms with van der Waals surface area (Å²) in [6.45, 7) is 1.13. The Morgan fingerprint density at radius 2 is 2.10 bits per heavy atom. The molecule has 2 aromatic carbocycles. The second-order valence-electron chi connectivity index (χ2n) is 4.79. The number of nitrogens with one attached hydrogen (secondary N) is 1. The van der Waals surface area contributed by atoms with Gasteiger partial charge in [-0.05, 0) is 35.9 Å². The normalized spacial score (nSPS) is 13.0. The molecule has 5 heteroatoms. The number of halogens is 2. The molecule has 3 nitrogen and oxygen atoms in total. The number of ether oxygens (including phenoxy) is 1. The van der Waals surface area contributed by atoms with Crippen molar-refractivity contribution < 1.29 is 18.3 Å². The SMILES string of the molecule is O=C(Cc1cc(F)ccc1F)c1cccc2c1OCCN2. The Morgan fingerprint density at radius 3 is 2.95 bits per heavy atom. The summed E-state index contributed by atoms with van der Waals surface area (Å²) in [6, 6.07) is 8.27. The summed E-state index contributed by atoms with van der Waals surface area (Å²) in [4.78, 5) is 12.4. The fraction of sp³-hybridized carbons (Fsp3) is 0.188. The summed E-state index contributed by atoms with van der Waals surface area (Å²) in [5.74, 6) is -0.980. The molecular formula is C16H13F2NO2. The van der Waals surface area contributed by atoms with Gasteiger partial charge < -0.3 is 10.1 Å². The van der Waals surface area contributed by atoms with Gasteiger partial charge >= 0.3 is 0 Å². The van der Waals surface area contributed by atoms with Crippen molar-refractivity contribution in [3.05, 3.63) is 59.2 Å². The molecular weight excluding hydrogens is 276 g/mol. The Morgan fingerprint density at radius 1 is 1.24 bits per heavy atom. The lowest BCUT2D eigenvalue weighted by molar-refractivity contribution is 0.0988. The highest BCUT2D eigenvalue weighted by Gasteiger charge is 2.20. The molecule has 1 heterocycles. The predicted molar refractivity (Wildman–Crippen MR) is 74.8 cm³/mol. The zero-order valence-electron chi connectivity index (χ0n) is 11.2. The molecule has 0 saturated heterocycles. The van der Waals surface area contributed by atoms with Crippen molar-refractivity contribution in [1.29, 1.82) is 0 Å². The lowest BCUT2D eigenvalue weighted by Crippen LogP contribution is -2.20. The van der Waals surface area contributed by atoms with Crippen molar-refractivity contribution in [2.75, 3.05) is 18.5 Å². The highest BCUT2D eigenvalue weighted by molar-refractivity contribution is 6.01. The number of Topliss-reactive ketones (excluding diaryl/α,β-unsaturated/α-hetero) is 1. The van der Waals surface area contributed by atoms with Crippen molar-refractivity contribution in [2.24, 2.45) is 0 Å². The largest absolute Gasteiger partial charge is 0.489 e. The molecule has 1 N–H and O–H groups in total. The minimum atomic E-state index is -0.589. The fourth-order valence-corrected chi connectivity index (χ4v) is 2.34. The highest BCUT2D eigenvalue weighted by atomic mass is 19.1. The number of ketones is 1. The van der Waals surface area contributed by atoms with Gasteiger partial charge in [-0.15, -0.1) is 0 Å². The first-order chi connectivity index (χ1) is 10.1. The molecule has 0 atom stereocenters. The number of hydrogen-bond donors (Lipinski definition) is 1. The molecule has 0 unspecified atom stereocenters. The number of fused-ring (bicyclic) bond motifs is 1. The van der Waals surface area contributed by atoms with Gasteiger partial charge in [-0.3, -0.25) is 4.79 Å². The molecule has 0 saturated carbocycles. The maximum atomic E-state index is 13.6. The van der Waals surface area contributed by atoms with E-state index in [0.29, 0.717) is 24.5 Å². The molecule has 1 aliphatic heterocycles. The van der Waals surface area contributed by atoms with Crippen LogP contribution in [0.2, 0.25) is 0 Å². The van der Waals surface area contributed by atoms with Crippen LogP contribution in [0.5, 0.6) is 5.75 Å². The average Bonchev–Trinajstić information content (AvgIpc) is 2.50. The number of para-hydroxylation sites is 1. The maximum absolute atomic E-state index is 13.6. The van der Waals surface area contributed by atoms with Gasteiger partial charge in [0.25, 0.3) is 0 Å². The Hall–Kier alpha value is -2.43. The minimum Gasteiger partial charge on any atom is -0.489 e. The average molecular weight is 289 g/mol. The van der Waals surface area contributed by atoms with Gasteiger partial charge in [0.05, 0.1) is 11.3 Å². The van der Waals surface area contributed by atoms with Gasteiger partial charge in [-0.25, -0.2) is 8.78 Å². The van der Waals surface area contributed by atoms with Crippen LogP contribution in [0.4, 0.5) is 14.5 Å². The van der Waals surface area contributed by atoms with Crippen LogP contribution in [0, 0.1) is 11.6 Å². The topological polar surface area (TPSA) is 38.3 Å². The Bertz CT molecular complexity index is 701. The summed E-state index contributed by atoms with van der Waals surface area (Å²) in [5.41, 5.74) is 1.16. The van der Waals surface area contributed by atoms with E-state index in [-0.39, 0.29) is 17.8 Å². The van der Waals surface area contributed by atoms with Crippen molar-refractivity contribution in [1.82, 2.24) is 0 Å². The Kier molecular flexibility index (Phi) is 3.56. The van der Waals surface area contributed by atoms with E-state index >= 15 is 0 Å². The number of rotatable bonds is 3. The standard InChI is InChI=1S/C16H13F2NO2/c17-11-4-5-13(18)10(8-11)9-15(20)12-2-1-3-14-16(12)21-7-6-19-14/h1-5,8,19H,6-7,9H2. The minimum absolute atomic E-state index is 0.0429. The molecule has 0 fully saturated rings. The van der Waals surface area contributed by atoms with Crippen LogP contribution in [0.25, 0.3) is 0 Å². The molecule has 108 valence electrons. The quantitative estimate of drug-likeness (QED) is 0.882. The van der Waals surface area contributed by atoms with Crippen LogP contribution in [-0.2, 0) is 6.42 Å². The van der Waals surface area contributed by atoms with Crippen LogP contribution < -0.4 is 10.1 Å². The molecule has 0 amide bonds. The Balaban J connectivity index is 1.91. The van der Waals surface area contributed by atoms with E-state index < -0.39 is 11.6 Å². The van der Waals surface area contributed by atoms with Crippen LogP contribution >= 0.6 is 0 Å². The van der Waals surface area contributed by atoms with E-state index in [1.54, 1.807) is 12.1 Å². The molecule has 0 aliphatic carbocycles. The lowest BCUT2D eigenvalue weighted by atomic mass is 10.0. The summed E-state index contributed by atoms with van der Waals surface area (Å²) in [7, 11) is 0. The van der Waals surface area contributed by atoms with E-state index in [1.807, 2.05) is 6.07 Å². The molecule has 1 aliphatic rings. The number of anilines is 1. The van der Waals surface area contributed by atoms with Crippen LogP contribution in [0.3, 0.4) is 0 Å². The van der Waals surface area contributed by atoms with Crippen LogP contribution in [0.1, 0.15) is 15.9 Å². The summed E-state index contributed by atoms with van der Waals surface area (Å²) >= 11 is 0. The van der Waals surface area contributed by atoms with E-state index in [9.17, 15) is 13.6 Å². The molecule has 0 radical (unpaired) electrons. The van der Waals surface area contributed by atoms with Gasteiger partial charge in [-0.2, -0.15) is 0 Å². The maximum Gasteiger partial charge on any atom is 0.171 e. The second-order valence-corrected chi connectivity index (χ2v) is 4.79. The van der Waals surface area contributed by atoms with E-state index in [4.69, 9.17) is 4.74 Å². The number of carbonyl (C=O) groups is 1. The first-order valence-corrected chi connectivity index (χ1v) is 6.62. The third-order valence-electron chi connectivity index (χ3n) is 3.34. The van der Waals surface area contributed by atoms with Crippen molar-refractivity contribution in [2.45, 2.75) is 6.42 Å². The van der Waals surface area contributed by atoms with E-state index in [2.05, 4.69) is 5.32 Å². The van der Waals surface area contributed by atoms with Crippen molar-refractivity contribution in [3.63, 3.8) is 0 Å². The molecule has 2 aromatic rings. The monoisotopic (exact) mass is 289 g/mol. The fourth-order valence-electron chi connectivity index (χ4n) is 2.34. The van der Waals surface area contributed by atoms with Crippen molar-refractivity contribution in [3.8, 4) is 5.75 Å². The highest BCUT2D eigenvalue weighted by Crippen LogP contribution is 2.32. The molecule has 21 heavy (non-hydrogen) atoms. The molecule has 0 bridgehead atoms. The second kappa shape index (κ2) is 5.52. The van der Waals surface area contributed by atoms with Gasteiger partial charge in [0.2, 0.25) is 0 Å². The third-order valence-corrected chi connectivity index (χ3v) is 3.34. The summed E-state index contributed by atoms with van der Waals surface area (Å²) < 4.78 is 32.3. The number of carbonyl (C=O) groups excluding carboxylic acids is 1. The third kappa shape index (κ3) is 2.72. The molecule has 3 rings (SSSR count). The van der Waals surface area contributed by atoms with E-state index in [1.165, 1.54) is 0 Å². The summed E-state index contributed by atoms with van der Waals surface area (Å²) in [5, 5.41) is 3.13. The zero-order chi connectivity index (χ0) is 14.8. The smallest absolute Gasteiger partial charge is 0.171 e. The number of hydrogen-bond acceptors (Lipinski definition) is 3. The van der Waals surface area contributed by atoms with Crippen molar-refractivity contribution >= 4 is 11.5 Å². The van der Waals surface area contributed by atoms with E-state index in [0.717, 1.165) is 23.9 Å². The first-order valence-electron chi connectivity index (χ1n) is 6.62. The van der Waals surface area contributed by atoms with Gasteiger partial charge in [0, 0.05) is 13.0 Å². The van der Waals surface area contributed by atoms with Gasteiger partial charge in [0.1, 0.15) is 18.2 Å². The number of benzene rings is 2. The van der Waals surface area contributed by atoms with Crippen LogP contribution in [0.15, 0.2) is 36.4 Å². The molecule has 0 aromatic heterocycles. The Labute approximate surface area is 120 Å². The predicted octanol–water partition coefficient (Wildman–Crippen LogP) is 3.19. The van der Waals surface area contributed by atoms with Gasteiger partial charge in [-0.1, -0.05) is 6.07 Å². The zero-order valence-corrected chi connectivity index (χ0v) is 11.2. The lowest BCUT2D eigenvalue weighted by Gasteiger charge is -2.21. The first kappa shape index (κ1) is 13.5.